The molecule has 46 heavy (non-hydrogen) atoms. The number of rotatable bonds is 15. The van der Waals surface area contributed by atoms with E-state index in [-0.39, 0.29) is 43.6 Å². The van der Waals surface area contributed by atoms with E-state index in [0.29, 0.717) is 6.54 Å². The number of aliphatic carboxylic acids is 2. The van der Waals surface area contributed by atoms with Crippen LogP contribution in [0, 0.1) is 11.8 Å². The number of amides is 1. The predicted octanol–water partition coefficient (Wildman–Crippen LogP) is -2.50. The molecule has 5 N–H and O–H groups in total. The third-order valence-electron chi connectivity index (χ3n) is 9.82. The van der Waals surface area contributed by atoms with Crippen molar-refractivity contribution in [1.29, 1.82) is 0 Å². The number of benzene rings is 3. The largest absolute Gasteiger partial charge is 1.00 e. The number of nitrogens with zero attached hydrogens (tertiary/aromatic N) is 2. The normalized spacial score (nSPS) is 21.2. The summed E-state index contributed by atoms with van der Waals surface area (Å²) in [4.78, 5) is 35.7. The van der Waals surface area contributed by atoms with Crippen molar-refractivity contribution in [3.63, 3.8) is 0 Å². The monoisotopic (exact) mass is 670 g/mol. The third kappa shape index (κ3) is 9.22. The van der Waals surface area contributed by atoms with Gasteiger partial charge in [0.1, 0.15) is 39.3 Å². The highest BCUT2D eigenvalue weighted by Gasteiger charge is 2.49. The van der Waals surface area contributed by atoms with E-state index < -0.39 is 23.8 Å². The number of nitrogens with one attached hydrogen (secondary N) is 1. The van der Waals surface area contributed by atoms with Crippen LogP contribution in [-0.4, -0.2) is 95.9 Å². The van der Waals surface area contributed by atoms with Crippen LogP contribution >= 0.6 is 0 Å². The molecule has 3 saturated heterocycles. The Hall–Kier alpha value is -3.63. The number of piperazine rings is 3. The Bertz CT molecular complexity index is 1430. The Morgan fingerprint density at radius 3 is 1.61 bits per heavy atom. The number of carbonyl (C=O) groups excluding carboxylic acids is 1. The van der Waals surface area contributed by atoms with Crippen molar-refractivity contribution in [3.05, 3.63) is 90.0 Å². The number of nitrogens with two attached hydrogens (primary N) is 1. The molecular weight excluding hydrogens is 627 g/mol. The SMILES string of the molecule is NC(=O)C[N+]12CC[N+](CCCNc3ccc(-c4ccc(C[C@H](C(=O)O)[C@H](Cc5ccccc5)C(=O)O)cc4)cc3)(CC1)CC2.[Cl-].[Cl-]. The molecule has 248 valence electrons. The summed E-state index contributed by atoms with van der Waals surface area (Å²) in [5.41, 5.74) is 10.2. The minimum atomic E-state index is -1.10. The Kier molecular flexibility index (Phi) is 13.0. The van der Waals surface area contributed by atoms with Gasteiger partial charge in [0.2, 0.25) is 0 Å². The zero-order valence-corrected chi connectivity index (χ0v) is 27.5. The van der Waals surface area contributed by atoms with E-state index in [2.05, 4.69) is 29.6 Å². The van der Waals surface area contributed by atoms with Crippen LogP contribution in [0.15, 0.2) is 78.9 Å². The molecule has 2 atom stereocenters. The van der Waals surface area contributed by atoms with E-state index in [9.17, 15) is 24.6 Å². The molecule has 9 nitrogen and oxygen atoms in total. The average molecular weight is 672 g/mol. The molecule has 3 aromatic carbocycles. The molecule has 11 heteroatoms. The molecule has 6 rings (SSSR count). The lowest BCUT2D eigenvalue weighted by molar-refractivity contribution is -1.08. The standard InChI is InChI=1S/C35H42N4O5.2ClH/c36-33(40)25-39-20-17-38(18-21-39,19-22-39)16-4-15-37-30-13-11-29(12-14-30)28-9-7-27(8-10-28)24-32(35(43)44)31(34(41)42)23-26-5-2-1-3-6-26;;/h1-3,5-14,31-32,37H,4,15-25H2,(H2-2,36,40,41,42,43,44);2*1H/t31-,32-,38?,39?;;/m0../s1. The molecule has 3 heterocycles. The van der Waals surface area contributed by atoms with Crippen LogP contribution in [0.5, 0.6) is 0 Å². The molecule has 3 aliphatic heterocycles. The van der Waals surface area contributed by atoms with Gasteiger partial charge in [-0.15, -0.1) is 0 Å². The summed E-state index contributed by atoms with van der Waals surface area (Å²) in [5.74, 6) is -4.44. The van der Waals surface area contributed by atoms with Gasteiger partial charge in [-0.05, 0) is 47.2 Å². The lowest BCUT2D eigenvalue weighted by atomic mass is 9.82. The van der Waals surface area contributed by atoms with Gasteiger partial charge in [-0.25, -0.2) is 0 Å². The molecular formula is C35H44Cl2N4O5. The van der Waals surface area contributed by atoms with Gasteiger partial charge in [0, 0.05) is 18.7 Å². The molecule has 3 aromatic rings. The molecule has 0 radical (unpaired) electrons. The van der Waals surface area contributed by atoms with Gasteiger partial charge in [0.25, 0.3) is 5.91 Å². The van der Waals surface area contributed by atoms with Gasteiger partial charge in [0.05, 0.1) is 18.4 Å². The van der Waals surface area contributed by atoms with Crippen LogP contribution in [0.2, 0.25) is 0 Å². The Morgan fingerprint density at radius 2 is 1.13 bits per heavy atom. The predicted molar refractivity (Wildman–Crippen MR) is 170 cm³/mol. The summed E-state index contributed by atoms with van der Waals surface area (Å²) in [7, 11) is 0. The minimum Gasteiger partial charge on any atom is -1.00 e. The summed E-state index contributed by atoms with van der Waals surface area (Å²) in [6.45, 7) is 9.08. The van der Waals surface area contributed by atoms with Gasteiger partial charge >= 0.3 is 11.9 Å². The van der Waals surface area contributed by atoms with Crippen LogP contribution in [0.3, 0.4) is 0 Å². The fourth-order valence-corrected chi connectivity index (χ4v) is 7.03. The highest BCUT2D eigenvalue weighted by molar-refractivity contribution is 5.80. The number of carboxylic acids is 2. The Balaban J connectivity index is 0.00000288. The van der Waals surface area contributed by atoms with Crippen molar-refractivity contribution >= 4 is 23.5 Å². The number of hydrogen-bond acceptors (Lipinski definition) is 4. The second-order valence-electron chi connectivity index (χ2n) is 12.7. The first-order valence-corrected chi connectivity index (χ1v) is 15.6. The smallest absolute Gasteiger partial charge is 0.307 e. The van der Waals surface area contributed by atoms with Crippen molar-refractivity contribution in [2.45, 2.75) is 19.3 Å². The second kappa shape index (κ2) is 16.3. The topological polar surface area (TPSA) is 130 Å². The summed E-state index contributed by atoms with van der Waals surface area (Å²) in [6, 6.07) is 25.2. The van der Waals surface area contributed by atoms with Crippen LogP contribution in [0.4, 0.5) is 5.69 Å². The quantitative estimate of drug-likeness (QED) is 0.105. The number of anilines is 1. The zero-order chi connectivity index (χ0) is 31.2. The Morgan fingerprint density at radius 1 is 0.674 bits per heavy atom. The summed E-state index contributed by atoms with van der Waals surface area (Å²) in [5, 5.41) is 23.3. The molecule has 0 aromatic heterocycles. The summed E-state index contributed by atoms with van der Waals surface area (Å²) < 4.78 is 2.04. The average Bonchev–Trinajstić information content (AvgIpc) is 3.02. The van der Waals surface area contributed by atoms with Crippen LogP contribution in [0.25, 0.3) is 11.1 Å². The number of hydrogen-bond donors (Lipinski definition) is 4. The number of quaternary nitrogens is 2. The number of halogens is 2. The van der Waals surface area contributed by atoms with Crippen LogP contribution < -0.4 is 35.9 Å². The van der Waals surface area contributed by atoms with E-state index >= 15 is 0 Å². The first-order chi connectivity index (χ1) is 21.2. The lowest BCUT2D eigenvalue weighted by Gasteiger charge is -2.55. The molecule has 0 unspecified atom stereocenters. The maximum atomic E-state index is 12.1. The highest BCUT2D eigenvalue weighted by atomic mass is 35.5. The molecule has 2 bridgehead atoms. The second-order valence-corrected chi connectivity index (χ2v) is 12.7. The van der Waals surface area contributed by atoms with Crippen molar-refractivity contribution in [2.24, 2.45) is 17.6 Å². The summed E-state index contributed by atoms with van der Waals surface area (Å²) in [6.07, 6.45) is 1.41. The van der Waals surface area contributed by atoms with E-state index in [1.54, 1.807) is 0 Å². The van der Waals surface area contributed by atoms with Gasteiger partial charge < -0.3 is 55.0 Å². The minimum absolute atomic E-state index is 0. The van der Waals surface area contributed by atoms with Crippen LogP contribution in [0.1, 0.15) is 17.5 Å². The number of carboxylic acid groups (broad SMARTS) is 2. The number of fused-ring (bicyclic) bond motifs is 3. The number of primary amides is 1. The summed E-state index contributed by atoms with van der Waals surface area (Å²) >= 11 is 0. The zero-order valence-electron chi connectivity index (χ0n) is 26.0. The van der Waals surface area contributed by atoms with Gasteiger partial charge in [0.15, 0.2) is 6.54 Å². The van der Waals surface area contributed by atoms with Crippen molar-refractivity contribution in [2.75, 3.05) is 64.2 Å². The van der Waals surface area contributed by atoms with Gasteiger partial charge in [-0.2, -0.15) is 0 Å². The Labute approximate surface area is 283 Å². The van der Waals surface area contributed by atoms with Gasteiger partial charge in [-0.3, -0.25) is 14.4 Å². The third-order valence-corrected chi connectivity index (χ3v) is 9.82. The molecule has 0 aliphatic carbocycles. The molecule has 1 amide bonds. The van der Waals surface area contributed by atoms with E-state index in [0.717, 1.165) is 95.7 Å². The van der Waals surface area contributed by atoms with Crippen molar-refractivity contribution in [3.8, 4) is 11.1 Å². The number of carbonyl (C=O) groups is 3. The molecule has 3 fully saturated rings. The van der Waals surface area contributed by atoms with E-state index in [1.807, 2.05) is 54.6 Å². The van der Waals surface area contributed by atoms with E-state index in [4.69, 9.17) is 5.73 Å². The highest BCUT2D eigenvalue weighted by Crippen LogP contribution is 2.28. The fourth-order valence-electron chi connectivity index (χ4n) is 7.03. The first kappa shape index (κ1) is 36.8. The first-order valence-electron chi connectivity index (χ1n) is 15.6. The van der Waals surface area contributed by atoms with Crippen molar-refractivity contribution < 1.29 is 58.4 Å². The van der Waals surface area contributed by atoms with Gasteiger partial charge in [-0.1, -0.05) is 66.7 Å². The molecule has 0 saturated carbocycles. The lowest BCUT2D eigenvalue weighted by Crippen LogP contribution is -3.00. The maximum Gasteiger partial charge on any atom is 0.307 e. The van der Waals surface area contributed by atoms with Crippen LogP contribution in [-0.2, 0) is 27.2 Å². The van der Waals surface area contributed by atoms with Crippen molar-refractivity contribution in [1.82, 2.24) is 0 Å². The maximum absolute atomic E-state index is 12.1. The fraction of sp³-hybridized carbons (Fsp3) is 0.400. The molecule has 0 spiro atoms. The molecule has 3 aliphatic rings. The van der Waals surface area contributed by atoms with E-state index in [1.165, 1.54) is 0 Å².